The van der Waals surface area contributed by atoms with Crippen LogP contribution in [0.4, 0.5) is 10.8 Å². The first-order valence-electron chi connectivity index (χ1n) is 4.93. The number of methoxy groups -OCH3 is 2. The number of halogens is 2. The van der Waals surface area contributed by atoms with Crippen LogP contribution in [0, 0.1) is 0 Å². The number of rotatable bonds is 4. The normalized spacial score (nSPS) is 10.2. The fourth-order valence-electron chi connectivity index (χ4n) is 1.38. The SMILES string of the molecule is COc1cc(OC)c(Nc2nc(Cl)cs2)cc1Cl. The van der Waals surface area contributed by atoms with Crippen molar-refractivity contribution in [2.24, 2.45) is 0 Å². The summed E-state index contributed by atoms with van der Waals surface area (Å²) in [4.78, 5) is 4.10. The van der Waals surface area contributed by atoms with Crippen LogP contribution in [0.5, 0.6) is 11.5 Å². The Labute approximate surface area is 118 Å². The van der Waals surface area contributed by atoms with Crippen molar-refractivity contribution in [3.8, 4) is 11.5 Å². The predicted octanol–water partition coefficient (Wildman–Crippen LogP) is 4.21. The molecule has 0 radical (unpaired) electrons. The molecular weight excluding hydrogens is 295 g/mol. The second-order valence-electron chi connectivity index (χ2n) is 3.29. The number of hydrogen-bond acceptors (Lipinski definition) is 5. The molecule has 0 amide bonds. The summed E-state index contributed by atoms with van der Waals surface area (Å²) in [5, 5.41) is 6.43. The van der Waals surface area contributed by atoms with E-state index in [0.717, 1.165) is 0 Å². The lowest BCUT2D eigenvalue weighted by molar-refractivity contribution is 0.396. The highest BCUT2D eigenvalue weighted by Crippen LogP contribution is 2.37. The van der Waals surface area contributed by atoms with Crippen LogP contribution >= 0.6 is 34.5 Å². The molecule has 0 saturated carbocycles. The third-order valence-electron chi connectivity index (χ3n) is 2.19. The van der Waals surface area contributed by atoms with Gasteiger partial charge in [0.2, 0.25) is 0 Å². The topological polar surface area (TPSA) is 43.4 Å². The summed E-state index contributed by atoms with van der Waals surface area (Å²) in [5.74, 6) is 1.17. The lowest BCUT2D eigenvalue weighted by Gasteiger charge is -2.12. The van der Waals surface area contributed by atoms with Crippen LogP contribution in [0.3, 0.4) is 0 Å². The number of hydrogen-bond donors (Lipinski definition) is 1. The number of ether oxygens (including phenoxy) is 2. The van der Waals surface area contributed by atoms with Crippen molar-refractivity contribution in [2.75, 3.05) is 19.5 Å². The zero-order valence-electron chi connectivity index (χ0n) is 9.66. The lowest BCUT2D eigenvalue weighted by atomic mass is 10.2. The molecule has 0 aliphatic rings. The highest BCUT2D eigenvalue weighted by atomic mass is 35.5. The zero-order chi connectivity index (χ0) is 13.1. The van der Waals surface area contributed by atoms with Gasteiger partial charge in [0, 0.05) is 11.4 Å². The minimum atomic E-state index is 0.445. The molecule has 18 heavy (non-hydrogen) atoms. The van der Waals surface area contributed by atoms with Crippen molar-refractivity contribution in [1.82, 2.24) is 4.98 Å². The van der Waals surface area contributed by atoms with Crippen LogP contribution in [0.25, 0.3) is 0 Å². The van der Waals surface area contributed by atoms with E-state index in [2.05, 4.69) is 10.3 Å². The molecule has 0 saturated heterocycles. The van der Waals surface area contributed by atoms with E-state index in [4.69, 9.17) is 32.7 Å². The van der Waals surface area contributed by atoms with E-state index >= 15 is 0 Å². The Hall–Kier alpha value is -1.17. The third-order valence-corrected chi connectivity index (χ3v) is 3.57. The van der Waals surface area contributed by atoms with E-state index < -0.39 is 0 Å². The molecule has 1 aromatic carbocycles. The van der Waals surface area contributed by atoms with Crippen molar-refractivity contribution in [3.63, 3.8) is 0 Å². The highest BCUT2D eigenvalue weighted by molar-refractivity contribution is 7.14. The Bertz CT molecular complexity index is 560. The lowest BCUT2D eigenvalue weighted by Crippen LogP contribution is -1.96. The second-order valence-corrected chi connectivity index (χ2v) is 4.94. The summed E-state index contributed by atoms with van der Waals surface area (Å²) in [5.41, 5.74) is 0.703. The first-order chi connectivity index (χ1) is 8.63. The van der Waals surface area contributed by atoms with Crippen LogP contribution in [0.15, 0.2) is 17.5 Å². The van der Waals surface area contributed by atoms with Crippen LogP contribution in [-0.2, 0) is 0 Å². The fraction of sp³-hybridized carbons (Fsp3) is 0.182. The van der Waals surface area contributed by atoms with Crippen molar-refractivity contribution >= 4 is 45.4 Å². The molecule has 1 aromatic heterocycles. The monoisotopic (exact) mass is 304 g/mol. The third kappa shape index (κ3) is 2.80. The Kier molecular flexibility index (Phi) is 4.16. The summed E-state index contributed by atoms with van der Waals surface area (Å²) in [7, 11) is 3.12. The van der Waals surface area contributed by atoms with Crippen molar-refractivity contribution in [3.05, 3.63) is 27.7 Å². The molecule has 2 aromatic rings. The molecule has 4 nitrogen and oxygen atoms in total. The summed E-state index contributed by atoms with van der Waals surface area (Å²) >= 11 is 13.2. The minimum Gasteiger partial charge on any atom is -0.495 e. The molecule has 7 heteroatoms. The number of aromatic nitrogens is 1. The first kappa shape index (κ1) is 13.3. The van der Waals surface area contributed by atoms with Gasteiger partial charge in [-0.15, -0.1) is 11.3 Å². The van der Waals surface area contributed by atoms with Gasteiger partial charge in [-0.1, -0.05) is 23.2 Å². The molecule has 1 N–H and O–H groups in total. The number of benzene rings is 1. The van der Waals surface area contributed by atoms with Gasteiger partial charge in [-0.25, -0.2) is 4.98 Å². The van der Waals surface area contributed by atoms with Gasteiger partial charge >= 0.3 is 0 Å². The minimum absolute atomic E-state index is 0.445. The maximum atomic E-state index is 6.07. The average Bonchev–Trinajstić information content (AvgIpc) is 2.75. The number of anilines is 2. The number of nitrogens with zero attached hydrogens (tertiary/aromatic N) is 1. The maximum absolute atomic E-state index is 6.07. The molecule has 2 rings (SSSR count). The molecule has 0 aliphatic heterocycles. The maximum Gasteiger partial charge on any atom is 0.188 e. The van der Waals surface area contributed by atoms with E-state index in [-0.39, 0.29) is 0 Å². The van der Waals surface area contributed by atoms with Gasteiger partial charge < -0.3 is 14.8 Å². The largest absolute Gasteiger partial charge is 0.495 e. The van der Waals surface area contributed by atoms with Crippen LogP contribution in [0.1, 0.15) is 0 Å². The molecule has 0 bridgehead atoms. The van der Waals surface area contributed by atoms with Crippen molar-refractivity contribution in [1.29, 1.82) is 0 Å². The van der Waals surface area contributed by atoms with E-state index in [1.165, 1.54) is 11.3 Å². The van der Waals surface area contributed by atoms with E-state index in [9.17, 15) is 0 Å². The highest BCUT2D eigenvalue weighted by Gasteiger charge is 2.11. The van der Waals surface area contributed by atoms with Gasteiger partial charge in [-0.2, -0.15) is 0 Å². The zero-order valence-corrected chi connectivity index (χ0v) is 12.0. The second kappa shape index (κ2) is 5.65. The van der Waals surface area contributed by atoms with Crippen molar-refractivity contribution in [2.45, 2.75) is 0 Å². The van der Waals surface area contributed by atoms with E-state index in [1.807, 2.05) is 0 Å². The Morgan fingerprint density at radius 1 is 1.17 bits per heavy atom. The van der Waals surface area contributed by atoms with E-state index in [0.29, 0.717) is 32.5 Å². The van der Waals surface area contributed by atoms with Gasteiger partial charge in [-0.3, -0.25) is 0 Å². The molecule has 0 fully saturated rings. The predicted molar refractivity (Wildman–Crippen MR) is 75.0 cm³/mol. The molecule has 0 spiro atoms. The van der Waals surface area contributed by atoms with Gasteiger partial charge in [0.25, 0.3) is 0 Å². The Morgan fingerprint density at radius 3 is 2.44 bits per heavy atom. The molecular formula is C11H10Cl2N2O2S. The molecule has 0 atom stereocenters. The van der Waals surface area contributed by atoms with Crippen LogP contribution in [-0.4, -0.2) is 19.2 Å². The Morgan fingerprint density at radius 2 is 1.89 bits per heavy atom. The van der Waals surface area contributed by atoms with Crippen LogP contribution in [0.2, 0.25) is 10.2 Å². The van der Waals surface area contributed by atoms with Gasteiger partial charge in [0.1, 0.15) is 16.7 Å². The smallest absolute Gasteiger partial charge is 0.188 e. The molecule has 96 valence electrons. The van der Waals surface area contributed by atoms with Gasteiger partial charge in [-0.05, 0) is 6.07 Å². The van der Waals surface area contributed by atoms with E-state index in [1.54, 1.807) is 31.7 Å². The van der Waals surface area contributed by atoms with Crippen molar-refractivity contribution < 1.29 is 9.47 Å². The number of thiazole rings is 1. The summed E-state index contributed by atoms with van der Waals surface area (Å²) < 4.78 is 10.4. The van der Waals surface area contributed by atoms with Crippen LogP contribution < -0.4 is 14.8 Å². The standard InChI is InChI=1S/C11H10Cl2N2O2S/c1-16-8-4-9(17-2)7(3-6(8)12)14-11-15-10(13)5-18-11/h3-5H,1-2H3,(H,14,15). The number of nitrogens with one attached hydrogen (secondary N) is 1. The molecule has 0 aliphatic carbocycles. The fourth-order valence-corrected chi connectivity index (χ4v) is 2.48. The average molecular weight is 305 g/mol. The molecule has 1 heterocycles. The van der Waals surface area contributed by atoms with Gasteiger partial charge in [0.05, 0.1) is 24.9 Å². The Balaban J connectivity index is 2.34. The first-order valence-corrected chi connectivity index (χ1v) is 6.57. The van der Waals surface area contributed by atoms with Gasteiger partial charge in [0.15, 0.2) is 5.13 Å². The molecule has 0 unspecified atom stereocenters. The quantitative estimate of drug-likeness (QED) is 0.919. The summed E-state index contributed by atoms with van der Waals surface area (Å²) in [6.45, 7) is 0. The summed E-state index contributed by atoms with van der Waals surface area (Å²) in [6.07, 6.45) is 0. The summed E-state index contributed by atoms with van der Waals surface area (Å²) in [6, 6.07) is 3.43.